The first-order chi connectivity index (χ1) is 5.83. The van der Waals surface area contributed by atoms with Crippen molar-refractivity contribution < 1.29 is 9.32 Å². The first-order valence-electron chi connectivity index (χ1n) is 3.69. The second-order valence-electron chi connectivity index (χ2n) is 2.31. The van der Waals surface area contributed by atoms with Gasteiger partial charge < -0.3 is 15.6 Å². The highest BCUT2D eigenvalue weighted by atomic mass is 16.5. The summed E-state index contributed by atoms with van der Waals surface area (Å²) < 4.78 is 4.57. The van der Waals surface area contributed by atoms with Gasteiger partial charge in [-0.3, -0.25) is 4.79 Å². The van der Waals surface area contributed by atoms with Gasteiger partial charge in [0.05, 0.1) is 12.1 Å². The molecule has 0 saturated heterocycles. The zero-order valence-corrected chi connectivity index (χ0v) is 6.62. The normalized spacial score (nSPS) is 9.75. The maximum Gasteiger partial charge on any atom is 0.226 e. The van der Waals surface area contributed by atoms with Crippen LogP contribution < -0.4 is 11.1 Å². The van der Waals surface area contributed by atoms with E-state index in [0.717, 1.165) is 0 Å². The van der Waals surface area contributed by atoms with Gasteiger partial charge in [0.15, 0.2) is 0 Å². The van der Waals surface area contributed by atoms with Crippen LogP contribution in [0, 0.1) is 0 Å². The molecular weight excluding hydrogens is 158 g/mol. The predicted octanol–water partition coefficient (Wildman–Crippen LogP) is -0.708. The molecule has 1 aromatic heterocycles. The van der Waals surface area contributed by atoms with Crippen molar-refractivity contribution in [2.45, 2.75) is 6.42 Å². The number of hydrogen-bond donors (Lipinski definition) is 2. The van der Waals surface area contributed by atoms with Crippen molar-refractivity contribution >= 4 is 5.91 Å². The van der Waals surface area contributed by atoms with E-state index >= 15 is 0 Å². The molecule has 0 aliphatic carbocycles. The number of carbonyl (C=O) groups is 1. The first-order valence-corrected chi connectivity index (χ1v) is 3.69. The Morgan fingerprint density at radius 3 is 3.17 bits per heavy atom. The van der Waals surface area contributed by atoms with E-state index in [1.54, 1.807) is 6.07 Å². The van der Waals surface area contributed by atoms with E-state index in [9.17, 15) is 4.79 Å². The molecule has 1 heterocycles. The zero-order valence-electron chi connectivity index (χ0n) is 6.62. The van der Waals surface area contributed by atoms with Crippen LogP contribution in [-0.2, 0) is 11.2 Å². The van der Waals surface area contributed by atoms with Gasteiger partial charge in [-0.2, -0.15) is 0 Å². The molecule has 0 saturated carbocycles. The van der Waals surface area contributed by atoms with Crippen molar-refractivity contribution in [1.29, 1.82) is 0 Å². The molecule has 0 radical (unpaired) electrons. The van der Waals surface area contributed by atoms with Gasteiger partial charge >= 0.3 is 0 Å². The topological polar surface area (TPSA) is 81.1 Å². The fraction of sp³-hybridized carbons (Fsp3) is 0.429. The Bertz CT molecular complexity index is 233. The van der Waals surface area contributed by atoms with Gasteiger partial charge in [0.1, 0.15) is 6.26 Å². The van der Waals surface area contributed by atoms with E-state index < -0.39 is 0 Å². The lowest BCUT2D eigenvalue weighted by molar-refractivity contribution is -0.120. The molecular formula is C7H11N3O2. The Balaban J connectivity index is 2.27. The molecule has 0 unspecified atom stereocenters. The Kier molecular flexibility index (Phi) is 3.28. The minimum absolute atomic E-state index is 0.0886. The summed E-state index contributed by atoms with van der Waals surface area (Å²) in [5, 5.41) is 6.22. The van der Waals surface area contributed by atoms with Crippen LogP contribution in [0.4, 0.5) is 0 Å². The van der Waals surface area contributed by atoms with Crippen molar-refractivity contribution in [2.75, 3.05) is 13.1 Å². The number of amides is 1. The van der Waals surface area contributed by atoms with Gasteiger partial charge in [0.2, 0.25) is 5.91 Å². The lowest BCUT2D eigenvalue weighted by Gasteiger charge is -1.99. The molecule has 0 spiro atoms. The quantitative estimate of drug-likeness (QED) is 0.624. The van der Waals surface area contributed by atoms with Crippen molar-refractivity contribution in [3.05, 3.63) is 18.0 Å². The lowest BCUT2D eigenvalue weighted by atomic mass is 10.3. The molecule has 5 nitrogen and oxygen atoms in total. The standard InChI is InChI=1S/C7H11N3O2/c8-2-3-9-7(11)5-6-1-4-12-10-6/h1,4H,2-3,5,8H2,(H,9,11). The SMILES string of the molecule is NCCNC(=O)Cc1ccon1. The summed E-state index contributed by atoms with van der Waals surface area (Å²) in [4.78, 5) is 11.0. The molecule has 3 N–H and O–H groups in total. The van der Waals surface area contributed by atoms with E-state index in [1.807, 2.05) is 0 Å². The van der Waals surface area contributed by atoms with Crippen molar-refractivity contribution in [3.8, 4) is 0 Å². The Morgan fingerprint density at radius 1 is 1.75 bits per heavy atom. The molecule has 66 valence electrons. The molecule has 1 aromatic rings. The lowest BCUT2D eigenvalue weighted by Crippen LogP contribution is -2.30. The van der Waals surface area contributed by atoms with E-state index in [0.29, 0.717) is 18.8 Å². The largest absolute Gasteiger partial charge is 0.364 e. The summed E-state index contributed by atoms with van der Waals surface area (Å²) in [7, 11) is 0. The first kappa shape index (κ1) is 8.73. The van der Waals surface area contributed by atoms with Gasteiger partial charge in [-0.05, 0) is 0 Å². The third kappa shape index (κ3) is 2.71. The van der Waals surface area contributed by atoms with Crippen LogP contribution in [0.15, 0.2) is 16.9 Å². The highest BCUT2D eigenvalue weighted by molar-refractivity contribution is 5.77. The minimum atomic E-state index is -0.0886. The number of nitrogens with zero attached hydrogens (tertiary/aromatic N) is 1. The molecule has 0 atom stereocenters. The molecule has 1 amide bonds. The van der Waals surface area contributed by atoms with Gasteiger partial charge in [0.25, 0.3) is 0 Å². The number of aromatic nitrogens is 1. The number of carbonyl (C=O) groups excluding carboxylic acids is 1. The number of nitrogens with one attached hydrogen (secondary N) is 1. The summed E-state index contributed by atoms with van der Waals surface area (Å²) in [5.74, 6) is -0.0886. The highest BCUT2D eigenvalue weighted by Gasteiger charge is 2.03. The number of nitrogens with two attached hydrogens (primary N) is 1. The van der Waals surface area contributed by atoms with Crippen LogP contribution in [-0.4, -0.2) is 24.2 Å². The molecule has 0 aliphatic rings. The average molecular weight is 169 g/mol. The molecule has 0 fully saturated rings. The van der Waals surface area contributed by atoms with Crippen LogP contribution in [0.1, 0.15) is 5.69 Å². The minimum Gasteiger partial charge on any atom is -0.364 e. The summed E-state index contributed by atoms with van der Waals surface area (Å²) in [6.07, 6.45) is 1.68. The van der Waals surface area contributed by atoms with Crippen LogP contribution >= 0.6 is 0 Å². The monoisotopic (exact) mass is 169 g/mol. The van der Waals surface area contributed by atoms with Crippen molar-refractivity contribution in [3.63, 3.8) is 0 Å². The molecule has 0 bridgehead atoms. The van der Waals surface area contributed by atoms with Gasteiger partial charge in [-0.1, -0.05) is 5.16 Å². The molecule has 0 aliphatic heterocycles. The molecule has 0 aromatic carbocycles. The van der Waals surface area contributed by atoms with Crippen LogP contribution in [0.2, 0.25) is 0 Å². The zero-order chi connectivity index (χ0) is 8.81. The van der Waals surface area contributed by atoms with E-state index in [-0.39, 0.29) is 12.3 Å². The number of hydrogen-bond acceptors (Lipinski definition) is 4. The molecule has 12 heavy (non-hydrogen) atoms. The van der Waals surface area contributed by atoms with Gasteiger partial charge in [-0.15, -0.1) is 0 Å². The maximum absolute atomic E-state index is 11.0. The van der Waals surface area contributed by atoms with E-state index in [4.69, 9.17) is 5.73 Å². The molecule has 5 heteroatoms. The Labute approximate surface area is 69.9 Å². The van der Waals surface area contributed by atoms with Crippen LogP contribution in [0.5, 0.6) is 0 Å². The summed E-state index contributed by atoms with van der Waals surface area (Å²) in [6.45, 7) is 0.946. The van der Waals surface area contributed by atoms with Gasteiger partial charge in [0, 0.05) is 19.2 Å². The van der Waals surface area contributed by atoms with Crippen molar-refractivity contribution in [2.24, 2.45) is 5.73 Å². The van der Waals surface area contributed by atoms with Crippen molar-refractivity contribution in [1.82, 2.24) is 10.5 Å². The fourth-order valence-corrected chi connectivity index (χ4v) is 0.767. The van der Waals surface area contributed by atoms with E-state index in [2.05, 4.69) is 15.0 Å². The second-order valence-corrected chi connectivity index (χ2v) is 2.31. The average Bonchev–Trinajstić information content (AvgIpc) is 2.53. The van der Waals surface area contributed by atoms with Crippen LogP contribution in [0.3, 0.4) is 0 Å². The predicted molar refractivity (Wildman–Crippen MR) is 42.3 cm³/mol. The smallest absolute Gasteiger partial charge is 0.226 e. The maximum atomic E-state index is 11.0. The second kappa shape index (κ2) is 4.50. The van der Waals surface area contributed by atoms with E-state index in [1.165, 1.54) is 6.26 Å². The third-order valence-electron chi connectivity index (χ3n) is 1.30. The Morgan fingerprint density at radius 2 is 2.58 bits per heavy atom. The fourth-order valence-electron chi connectivity index (χ4n) is 0.767. The number of rotatable bonds is 4. The summed E-state index contributed by atoms with van der Waals surface area (Å²) >= 11 is 0. The molecule has 1 rings (SSSR count). The summed E-state index contributed by atoms with van der Waals surface area (Å²) in [6, 6.07) is 1.65. The van der Waals surface area contributed by atoms with Crippen LogP contribution in [0.25, 0.3) is 0 Å². The Hall–Kier alpha value is -1.36. The summed E-state index contributed by atoms with van der Waals surface area (Å²) in [5.41, 5.74) is 5.83. The highest BCUT2D eigenvalue weighted by Crippen LogP contribution is 1.94. The van der Waals surface area contributed by atoms with Gasteiger partial charge in [-0.25, -0.2) is 0 Å². The third-order valence-corrected chi connectivity index (χ3v) is 1.30.